The molecule has 0 unspecified atom stereocenters. The molecule has 22 heavy (non-hydrogen) atoms. The molecule has 1 N–H and O–H groups in total. The van der Waals surface area contributed by atoms with Gasteiger partial charge in [-0.2, -0.15) is 0 Å². The number of hydrogen-bond donors (Lipinski definition) is 1. The molecule has 0 atom stereocenters. The first-order valence-electron chi connectivity index (χ1n) is 6.77. The summed E-state index contributed by atoms with van der Waals surface area (Å²) in [5, 5.41) is 1.93. The topological polar surface area (TPSA) is 46.2 Å². The van der Waals surface area contributed by atoms with Crippen molar-refractivity contribution in [1.29, 1.82) is 0 Å². The van der Waals surface area contributed by atoms with Crippen LogP contribution in [0.25, 0.3) is 10.8 Å². The van der Waals surface area contributed by atoms with Gasteiger partial charge in [-0.15, -0.1) is 0 Å². The summed E-state index contributed by atoms with van der Waals surface area (Å²) in [7, 11) is -3.52. The van der Waals surface area contributed by atoms with E-state index in [2.05, 4.69) is 20.7 Å². The van der Waals surface area contributed by atoms with Crippen LogP contribution in [0.3, 0.4) is 0 Å². The second kappa shape index (κ2) is 6.20. The largest absolute Gasteiger partial charge is 0.240 e. The van der Waals surface area contributed by atoms with Crippen molar-refractivity contribution in [3.8, 4) is 0 Å². The molecule has 0 aliphatic rings. The predicted molar refractivity (Wildman–Crippen MR) is 92.1 cm³/mol. The Morgan fingerprint density at radius 1 is 0.864 bits per heavy atom. The molecule has 0 aliphatic heterocycles. The Morgan fingerprint density at radius 2 is 1.55 bits per heavy atom. The molecule has 3 aromatic rings. The van der Waals surface area contributed by atoms with Crippen molar-refractivity contribution in [3.05, 3.63) is 76.8 Å². The van der Waals surface area contributed by atoms with Crippen LogP contribution in [-0.2, 0) is 16.6 Å². The van der Waals surface area contributed by atoms with Gasteiger partial charge in [0.05, 0.1) is 4.90 Å². The van der Waals surface area contributed by atoms with E-state index < -0.39 is 10.0 Å². The number of fused-ring (bicyclic) bond motifs is 1. The Labute approximate surface area is 138 Å². The maximum absolute atomic E-state index is 12.4. The third-order valence-electron chi connectivity index (χ3n) is 3.41. The lowest BCUT2D eigenvalue weighted by Crippen LogP contribution is -2.23. The normalized spacial score (nSPS) is 11.7. The van der Waals surface area contributed by atoms with Gasteiger partial charge >= 0.3 is 0 Å². The maximum atomic E-state index is 12.4. The van der Waals surface area contributed by atoms with E-state index in [1.54, 1.807) is 12.1 Å². The number of nitrogens with one attached hydrogen (secondary N) is 1. The van der Waals surface area contributed by atoms with Gasteiger partial charge in [0, 0.05) is 11.0 Å². The van der Waals surface area contributed by atoms with Crippen LogP contribution in [-0.4, -0.2) is 8.42 Å². The molecule has 0 heterocycles. The third kappa shape index (κ3) is 3.38. The zero-order valence-electron chi connectivity index (χ0n) is 11.7. The minimum absolute atomic E-state index is 0.266. The molecule has 3 nitrogen and oxygen atoms in total. The van der Waals surface area contributed by atoms with Crippen LogP contribution in [0, 0.1) is 0 Å². The van der Waals surface area contributed by atoms with Crippen LogP contribution in [0.2, 0.25) is 0 Å². The maximum Gasteiger partial charge on any atom is 0.240 e. The monoisotopic (exact) mass is 375 g/mol. The van der Waals surface area contributed by atoms with Gasteiger partial charge in [-0.05, 0) is 40.6 Å². The van der Waals surface area contributed by atoms with Crippen LogP contribution in [0.4, 0.5) is 0 Å². The van der Waals surface area contributed by atoms with Crippen molar-refractivity contribution in [1.82, 2.24) is 4.72 Å². The van der Waals surface area contributed by atoms with Crippen molar-refractivity contribution < 1.29 is 8.42 Å². The first kappa shape index (κ1) is 15.2. The van der Waals surface area contributed by atoms with Gasteiger partial charge in [0.15, 0.2) is 0 Å². The van der Waals surface area contributed by atoms with E-state index in [-0.39, 0.29) is 11.4 Å². The van der Waals surface area contributed by atoms with E-state index in [0.717, 1.165) is 20.8 Å². The van der Waals surface area contributed by atoms with Gasteiger partial charge in [0.2, 0.25) is 10.0 Å². The Morgan fingerprint density at radius 3 is 2.27 bits per heavy atom. The fourth-order valence-electron chi connectivity index (χ4n) is 2.20. The summed E-state index contributed by atoms with van der Waals surface area (Å²) in [5.41, 5.74) is 0.910. The van der Waals surface area contributed by atoms with Gasteiger partial charge in [0.1, 0.15) is 0 Å². The number of halogens is 1. The number of sulfonamides is 1. The van der Waals surface area contributed by atoms with Gasteiger partial charge in [-0.1, -0.05) is 58.4 Å². The second-order valence-electron chi connectivity index (χ2n) is 4.96. The molecule has 0 aromatic heterocycles. The van der Waals surface area contributed by atoms with Crippen molar-refractivity contribution in [2.24, 2.45) is 0 Å². The third-order valence-corrected chi connectivity index (χ3v) is 5.34. The first-order chi connectivity index (χ1) is 10.5. The quantitative estimate of drug-likeness (QED) is 0.746. The van der Waals surface area contributed by atoms with Gasteiger partial charge in [-0.3, -0.25) is 0 Å². The van der Waals surface area contributed by atoms with Crippen molar-refractivity contribution in [2.75, 3.05) is 0 Å². The van der Waals surface area contributed by atoms with Crippen LogP contribution in [0.15, 0.2) is 76.1 Å². The summed E-state index contributed by atoms with van der Waals surface area (Å²) in [5.74, 6) is 0. The van der Waals surface area contributed by atoms with Gasteiger partial charge < -0.3 is 0 Å². The van der Waals surface area contributed by atoms with E-state index in [9.17, 15) is 8.42 Å². The molecular formula is C17H14BrNO2S. The summed E-state index contributed by atoms with van der Waals surface area (Å²) >= 11 is 3.36. The minimum atomic E-state index is -3.52. The molecule has 0 saturated heterocycles. The molecule has 3 aromatic carbocycles. The van der Waals surface area contributed by atoms with Crippen LogP contribution in [0.5, 0.6) is 0 Å². The first-order valence-corrected chi connectivity index (χ1v) is 9.05. The molecule has 5 heteroatoms. The van der Waals surface area contributed by atoms with Gasteiger partial charge in [0.25, 0.3) is 0 Å². The van der Waals surface area contributed by atoms with E-state index in [1.807, 2.05) is 54.6 Å². The summed E-state index contributed by atoms with van der Waals surface area (Å²) in [6, 6.07) is 20.4. The summed E-state index contributed by atoms with van der Waals surface area (Å²) in [6.07, 6.45) is 0. The Hall–Kier alpha value is -1.69. The molecular weight excluding hydrogens is 362 g/mol. The number of benzene rings is 3. The Bertz CT molecular complexity index is 905. The zero-order chi connectivity index (χ0) is 15.6. The number of rotatable bonds is 4. The molecule has 0 aliphatic carbocycles. The zero-order valence-corrected chi connectivity index (χ0v) is 14.1. The smallest absolute Gasteiger partial charge is 0.207 e. The van der Waals surface area contributed by atoms with E-state index in [1.165, 1.54) is 0 Å². The fraction of sp³-hybridized carbons (Fsp3) is 0.0588. The van der Waals surface area contributed by atoms with Gasteiger partial charge in [-0.25, -0.2) is 13.1 Å². The molecule has 0 fully saturated rings. The molecule has 0 spiro atoms. The number of hydrogen-bond acceptors (Lipinski definition) is 2. The van der Waals surface area contributed by atoms with E-state index >= 15 is 0 Å². The molecule has 0 amide bonds. The average molecular weight is 376 g/mol. The molecule has 0 saturated carbocycles. The lowest BCUT2D eigenvalue weighted by atomic mass is 10.1. The lowest BCUT2D eigenvalue weighted by Gasteiger charge is -2.08. The lowest BCUT2D eigenvalue weighted by molar-refractivity contribution is 0.581. The molecule has 3 rings (SSSR count). The summed E-state index contributed by atoms with van der Waals surface area (Å²) in [6.45, 7) is 0.266. The molecule has 0 bridgehead atoms. The van der Waals surface area contributed by atoms with Crippen LogP contribution in [0.1, 0.15) is 5.56 Å². The second-order valence-corrected chi connectivity index (χ2v) is 7.64. The highest BCUT2D eigenvalue weighted by molar-refractivity contribution is 9.10. The van der Waals surface area contributed by atoms with Crippen LogP contribution < -0.4 is 4.72 Å². The van der Waals surface area contributed by atoms with E-state index in [0.29, 0.717) is 0 Å². The van der Waals surface area contributed by atoms with E-state index in [4.69, 9.17) is 0 Å². The highest BCUT2D eigenvalue weighted by atomic mass is 79.9. The van der Waals surface area contributed by atoms with Crippen molar-refractivity contribution in [3.63, 3.8) is 0 Å². The Kier molecular flexibility index (Phi) is 4.29. The SMILES string of the molecule is O=S(=O)(NCc1ccc(Br)cc1)c1ccc2ccccc2c1. The molecule has 112 valence electrons. The highest BCUT2D eigenvalue weighted by Gasteiger charge is 2.14. The Balaban J connectivity index is 1.83. The fourth-order valence-corrected chi connectivity index (χ4v) is 3.52. The summed E-state index contributed by atoms with van der Waals surface area (Å²) in [4.78, 5) is 0.281. The highest BCUT2D eigenvalue weighted by Crippen LogP contribution is 2.19. The standard InChI is InChI=1S/C17H14BrNO2S/c18-16-8-5-13(6-9-16)12-19-22(20,21)17-10-7-14-3-1-2-4-15(14)11-17/h1-11,19H,12H2. The minimum Gasteiger partial charge on any atom is -0.207 e. The van der Waals surface area contributed by atoms with Crippen LogP contribution >= 0.6 is 15.9 Å². The summed E-state index contributed by atoms with van der Waals surface area (Å²) < 4.78 is 28.4. The van der Waals surface area contributed by atoms with Crippen molar-refractivity contribution in [2.45, 2.75) is 11.4 Å². The molecule has 0 radical (unpaired) electrons. The van der Waals surface area contributed by atoms with Crippen molar-refractivity contribution >= 4 is 36.7 Å². The average Bonchev–Trinajstić information content (AvgIpc) is 2.54. The predicted octanol–water partition coefficient (Wildman–Crippen LogP) is 4.08.